The van der Waals surface area contributed by atoms with Gasteiger partial charge < -0.3 is 5.73 Å². The molecule has 0 bridgehead atoms. The third kappa shape index (κ3) is 2.03. The van der Waals surface area contributed by atoms with Gasteiger partial charge in [-0.2, -0.15) is 0 Å². The van der Waals surface area contributed by atoms with Gasteiger partial charge >= 0.3 is 0 Å². The monoisotopic (exact) mass is 254 g/mol. The van der Waals surface area contributed by atoms with Crippen LogP contribution in [0.3, 0.4) is 0 Å². The molecule has 18 heavy (non-hydrogen) atoms. The number of aromatic nitrogens is 1. The Morgan fingerprint density at radius 3 is 2.89 bits per heavy atom. The van der Waals surface area contributed by atoms with Crippen molar-refractivity contribution in [3.8, 4) is 10.6 Å². The van der Waals surface area contributed by atoms with E-state index in [1.54, 1.807) is 11.3 Å². The summed E-state index contributed by atoms with van der Waals surface area (Å²) in [7, 11) is 0. The van der Waals surface area contributed by atoms with E-state index in [0.29, 0.717) is 6.54 Å². The van der Waals surface area contributed by atoms with Gasteiger partial charge in [0.05, 0.1) is 10.2 Å². The highest BCUT2D eigenvalue weighted by atomic mass is 32.1. The second-order valence-electron chi connectivity index (χ2n) is 4.39. The molecule has 1 aromatic heterocycles. The highest BCUT2D eigenvalue weighted by molar-refractivity contribution is 7.21. The number of aryl methyl sites for hydroxylation is 1. The van der Waals surface area contributed by atoms with Crippen molar-refractivity contribution >= 4 is 21.6 Å². The van der Waals surface area contributed by atoms with Crippen LogP contribution < -0.4 is 5.73 Å². The number of fused-ring (bicyclic) bond motifs is 1. The zero-order chi connectivity index (χ0) is 12.5. The van der Waals surface area contributed by atoms with Crippen LogP contribution in [0.4, 0.5) is 0 Å². The molecule has 0 saturated heterocycles. The molecule has 0 saturated carbocycles. The molecule has 1 heterocycles. The van der Waals surface area contributed by atoms with Crippen LogP contribution in [0.25, 0.3) is 20.8 Å². The van der Waals surface area contributed by atoms with Crippen molar-refractivity contribution in [2.75, 3.05) is 0 Å². The van der Waals surface area contributed by atoms with E-state index < -0.39 is 0 Å². The van der Waals surface area contributed by atoms with Crippen molar-refractivity contribution in [3.05, 3.63) is 53.6 Å². The van der Waals surface area contributed by atoms with Crippen LogP contribution in [0.2, 0.25) is 0 Å². The minimum Gasteiger partial charge on any atom is -0.326 e. The van der Waals surface area contributed by atoms with Crippen LogP contribution in [0.15, 0.2) is 42.5 Å². The molecule has 2 aromatic carbocycles. The van der Waals surface area contributed by atoms with Crippen LogP contribution in [0.1, 0.15) is 11.1 Å². The maximum absolute atomic E-state index is 5.67. The van der Waals surface area contributed by atoms with Gasteiger partial charge in [-0.05, 0) is 36.2 Å². The minimum absolute atomic E-state index is 0.567. The molecule has 0 aliphatic rings. The summed E-state index contributed by atoms with van der Waals surface area (Å²) in [6, 6.07) is 14.6. The first-order chi connectivity index (χ1) is 8.76. The molecular formula is C15H14N2S. The predicted octanol–water partition coefficient (Wildman–Crippen LogP) is 3.73. The molecule has 3 heteroatoms. The number of benzene rings is 2. The molecule has 0 fully saturated rings. The summed E-state index contributed by atoms with van der Waals surface area (Å²) in [6.45, 7) is 2.67. The Hall–Kier alpha value is -1.71. The SMILES string of the molecule is Cc1ccc2nc(-c3cccc(CN)c3)sc2c1. The summed E-state index contributed by atoms with van der Waals surface area (Å²) in [4.78, 5) is 4.68. The lowest BCUT2D eigenvalue weighted by Gasteiger charge is -1.99. The van der Waals surface area contributed by atoms with Gasteiger partial charge in [-0.15, -0.1) is 11.3 Å². The lowest BCUT2D eigenvalue weighted by molar-refractivity contribution is 1.07. The Balaban J connectivity index is 2.13. The van der Waals surface area contributed by atoms with E-state index >= 15 is 0 Å². The third-order valence-electron chi connectivity index (χ3n) is 2.95. The van der Waals surface area contributed by atoms with Crippen molar-refractivity contribution in [3.63, 3.8) is 0 Å². The normalized spacial score (nSPS) is 11.0. The summed E-state index contributed by atoms with van der Waals surface area (Å²) in [5, 5.41) is 1.06. The topological polar surface area (TPSA) is 38.9 Å². The summed E-state index contributed by atoms with van der Waals surface area (Å²) in [6.07, 6.45) is 0. The molecule has 3 rings (SSSR count). The van der Waals surface area contributed by atoms with E-state index in [0.717, 1.165) is 21.7 Å². The summed E-state index contributed by atoms with van der Waals surface area (Å²) in [5.74, 6) is 0. The number of hydrogen-bond acceptors (Lipinski definition) is 3. The molecule has 90 valence electrons. The van der Waals surface area contributed by atoms with Crippen LogP contribution in [-0.2, 0) is 6.54 Å². The Morgan fingerprint density at radius 2 is 2.06 bits per heavy atom. The van der Waals surface area contributed by atoms with Gasteiger partial charge in [0, 0.05) is 12.1 Å². The lowest BCUT2D eigenvalue weighted by atomic mass is 10.1. The lowest BCUT2D eigenvalue weighted by Crippen LogP contribution is -1.95. The Bertz CT molecular complexity index is 701. The second kappa shape index (κ2) is 4.52. The summed E-state index contributed by atoms with van der Waals surface area (Å²) >= 11 is 1.73. The smallest absolute Gasteiger partial charge is 0.124 e. The Morgan fingerprint density at radius 1 is 1.17 bits per heavy atom. The summed E-state index contributed by atoms with van der Waals surface area (Å²) in [5.41, 5.74) is 10.3. The van der Waals surface area contributed by atoms with Crippen LogP contribution in [-0.4, -0.2) is 4.98 Å². The zero-order valence-electron chi connectivity index (χ0n) is 10.2. The zero-order valence-corrected chi connectivity index (χ0v) is 11.0. The van der Waals surface area contributed by atoms with E-state index in [2.05, 4.69) is 42.2 Å². The molecule has 2 nitrogen and oxygen atoms in total. The average molecular weight is 254 g/mol. The number of thiazole rings is 1. The van der Waals surface area contributed by atoms with Gasteiger partial charge in [0.25, 0.3) is 0 Å². The van der Waals surface area contributed by atoms with E-state index in [4.69, 9.17) is 5.73 Å². The fourth-order valence-corrected chi connectivity index (χ4v) is 3.05. The van der Waals surface area contributed by atoms with Crippen LogP contribution in [0.5, 0.6) is 0 Å². The molecule has 0 unspecified atom stereocenters. The molecule has 0 spiro atoms. The van der Waals surface area contributed by atoms with Gasteiger partial charge in [-0.25, -0.2) is 4.98 Å². The van der Waals surface area contributed by atoms with Gasteiger partial charge in [0.1, 0.15) is 5.01 Å². The first-order valence-corrected chi connectivity index (χ1v) is 6.74. The first kappa shape index (κ1) is 11.4. The van der Waals surface area contributed by atoms with Crippen LogP contribution in [0, 0.1) is 6.92 Å². The largest absolute Gasteiger partial charge is 0.326 e. The number of hydrogen-bond donors (Lipinski definition) is 1. The second-order valence-corrected chi connectivity index (χ2v) is 5.43. The molecule has 0 atom stereocenters. The Kier molecular flexibility index (Phi) is 2.86. The number of nitrogens with two attached hydrogens (primary N) is 1. The maximum atomic E-state index is 5.67. The van der Waals surface area contributed by atoms with Gasteiger partial charge in [0.2, 0.25) is 0 Å². The fourth-order valence-electron chi connectivity index (χ4n) is 1.99. The predicted molar refractivity (Wildman–Crippen MR) is 77.7 cm³/mol. The van der Waals surface area contributed by atoms with Gasteiger partial charge in [-0.1, -0.05) is 24.3 Å². The maximum Gasteiger partial charge on any atom is 0.124 e. The van der Waals surface area contributed by atoms with E-state index in [1.807, 2.05) is 12.1 Å². The highest BCUT2D eigenvalue weighted by Crippen LogP contribution is 2.30. The number of rotatable bonds is 2. The van der Waals surface area contributed by atoms with E-state index in [-0.39, 0.29) is 0 Å². The van der Waals surface area contributed by atoms with Crippen LogP contribution >= 0.6 is 11.3 Å². The summed E-state index contributed by atoms with van der Waals surface area (Å²) < 4.78 is 1.24. The Labute approximate surface area is 110 Å². The van der Waals surface area contributed by atoms with Gasteiger partial charge in [0.15, 0.2) is 0 Å². The quantitative estimate of drug-likeness (QED) is 0.756. The number of nitrogens with zero attached hydrogens (tertiary/aromatic N) is 1. The minimum atomic E-state index is 0.567. The molecule has 0 radical (unpaired) electrons. The molecule has 3 aromatic rings. The van der Waals surface area contributed by atoms with Crippen molar-refractivity contribution in [1.29, 1.82) is 0 Å². The molecular weight excluding hydrogens is 240 g/mol. The molecule has 0 aliphatic carbocycles. The molecule has 0 amide bonds. The van der Waals surface area contributed by atoms with E-state index in [1.165, 1.54) is 10.3 Å². The average Bonchev–Trinajstić information content (AvgIpc) is 2.81. The third-order valence-corrected chi connectivity index (χ3v) is 4.02. The van der Waals surface area contributed by atoms with Crippen molar-refractivity contribution < 1.29 is 0 Å². The molecule has 2 N–H and O–H groups in total. The standard InChI is InChI=1S/C15H14N2S/c1-10-5-6-13-14(7-10)18-15(17-13)12-4-2-3-11(8-12)9-16/h2-8H,9,16H2,1H3. The van der Waals surface area contributed by atoms with Crippen molar-refractivity contribution in [2.45, 2.75) is 13.5 Å². The fraction of sp³-hybridized carbons (Fsp3) is 0.133. The highest BCUT2D eigenvalue weighted by Gasteiger charge is 2.06. The molecule has 0 aliphatic heterocycles. The van der Waals surface area contributed by atoms with Gasteiger partial charge in [-0.3, -0.25) is 0 Å². The first-order valence-electron chi connectivity index (χ1n) is 5.93. The van der Waals surface area contributed by atoms with E-state index in [9.17, 15) is 0 Å². The van der Waals surface area contributed by atoms with Crippen molar-refractivity contribution in [1.82, 2.24) is 4.98 Å². The van der Waals surface area contributed by atoms with Crippen molar-refractivity contribution in [2.24, 2.45) is 5.73 Å².